The second-order valence-corrected chi connectivity index (χ2v) is 8.84. The zero-order chi connectivity index (χ0) is 17.9. The Balaban J connectivity index is 0.00000243. The Morgan fingerprint density at radius 2 is 1.69 bits per heavy atom. The molecule has 2 saturated heterocycles. The van der Waals surface area contributed by atoms with Crippen LogP contribution in [0.15, 0.2) is 29.2 Å². The number of benzene rings is 1. The molecule has 3 rings (SSSR count). The van der Waals surface area contributed by atoms with Crippen LogP contribution in [-0.2, 0) is 21.2 Å². The summed E-state index contributed by atoms with van der Waals surface area (Å²) < 4.78 is 26.9. The maximum Gasteiger partial charge on any atom is 0.243 e. The van der Waals surface area contributed by atoms with Crippen LogP contribution in [0.2, 0.25) is 0 Å². The van der Waals surface area contributed by atoms with E-state index in [2.05, 4.69) is 0 Å². The van der Waals surface area contributed by atoms with Crippen molar-refractivity contribution in [3.63, 3.8) is 0 Å². The molecule has 0 saturated carbocycles. The molecule has 2 fully saturated rings. The normalized spacial score (nSPS) is 21.4. The van der Waals surface area contributed by atoms with E-state index in [4.69, 9.17) is 5.73 Å². The van der Waals surface area contributed by atoms with Crippen LogP contribution < -0.4 is 5.73 Å². The van der Waals surface area contributed by atoms with Crippen molar-refractivity contribution in [2.75, 3.05) is 26.2 Å². The summed E-state index contributed by atoms with van der Waals surface area (Å²) in [4.78, 5) is 14.6. The maximum absolute atomic E-state index is 12.6. The fourth-order valence-corrected chi connectivity index (χ4v) is 5.24. The number of hydrogen-bond acceptors (Lipinski definition) is 4. The van der Waals surface area contributed by atoms with Crippen LogP contribution in [0, 0.1) is 0 Å². The van der Waals surface area contributed by atoms with Crippen LogP contribution in [0.25, 0.3) is 0 Å². The molecule has 1 amide bonds. The lowest BCUT2D eigenvalue weighted by Crippen LogP contribution is -2.40. The van der Waals surface area contributed by atoms with Gasteiger partial charge in [0, 0.05) is 32.2 Å². The lowest BCUT2D eigenvalue weighted by Gasteiger charge is -2.26. The fraction of sp³-hybridized carbons (Fsp3) is 0.611. The maximum atomic E-state index is 12.6. The Morgan fingerprint density at radius 1 is 1.04 bits per heavy atom. The first-order valence-corrected chi connectivity index (χ1v) is 10.5. The van der Waals surface area contributed by atoms with Gasteiger partial charge in [-0.25, -0.2) is 8.42 Å². The molecule has 1 atom stereocenters. The van der Waals surface area contributed by atoms with Gasteiger partial charge in [0.25, 0.3) is 0 Å². The first kappa shape index (κ1) is 21.2. The van der Waals surface area contributed by atoms with Crippen LogP contribution in [0.5, 0.6) is 0 Å². The van der Waals surface area contributed by atoms with Gasteiger partial charge in [-0.3, -0.25) is 4.79 Å². The predicted octanol–water partition coefficient (Wildman–Crippen LogP) is 1.78. The van der Waals surface area contributed by atoms with E-state index in [1.54, 1.807) is 28.6 Å². The molecule has 0 radical (unpaired) electrons. The molecule has 8 heteroatoms. The van der Waals surface area contributed by atoms with Gasteiger partial charge in [-0.2, -0.15) is 4.31 Å². The van der Waals surface area contributed by atoms with Crippen LogP contribution in [-0.4, -0.2) is 55.8 Å². The Hall–Kier alpha value is -1.15. The summed E-state index contributed by atoms with van der Waals surface area (Å²) >= 11 is 0. The van der Waals surface area contributed by atoms with Crippen molar-refractivity contribution in [1.82, 2.24) is 9.21 Å². The highest BCUT2D eigenvalue weighted by Crippen LogP contribution is 2.22. The molecule has 0 bridgehead atoms. The van der Waals surface area contributed by atoms with Crippen molar-refractivity contribution in [2.45, 2.75) is 49.5 Å². The van der Waals surface area contributed by atoms with E-state index in [1.807, 2.05) is 4.90 Å². The summed E-state index contributed by atoms with van der Waals surface area (Å²) in [6.45, 7) is 2.46. The zero-order valence-electron chi connectivity index (χ0n) is 15.0. The largest absolute Gasteiger partial charge is 0.338 e. The highest BCUT2D eigenvalue weighted by molar-refractivity contribution is 7.89. The van der Waals surface area contributed by atoms with E-state index in [0.717, 1.165) is 44.2 Å². The summed E-state index contributed by atoms with van der Waals surface area (Å²) in [6, 6.07) is 6.89. The molecule has 146 valence electrons. The first-order valence-electron chi connectivity index (χ1n) is 9.11. The summed E-state index contributed by atoms with van der Waals surface area (Å²) in [5.74, 6) is 0.0691. The molecular formula is C18H28ClN3O3S. The molecule has 2 aliphatic heterocycles. The lowest BCUT2D eigenvalue weighted by atomic mass is 10.1. The first-order chi connectivity index (χ1) is 12.0. The number of likely N-dealkylation sites (tertiary alicyclic amines) is 1. The average molecular weight is 402 g/mol. The van der Waals surface area contributed by atoms with E-state index in [9.17, 15) is 13.2 Å². The monoisotopic (exact) mass is 401 g/mol. The van der Waals surface area contributed by atoms with Crippen LogP contribution >= 0.6 is 12.4 Å². The minimum Gasteiger partial charge on any atom is -0.338 e. The molecule has 26 heavy (non-hydrogen) atoms. The number of amides is 1. The van der Waals surface area contributed by atoms with E-state index in [0.29, 0.717) is 31.0 Å². The van der Waals surface area contributed by atoms with Gasteiger partial charge in [0.15, 0.2) is 0 Å². The smallest absolute Gasteiger partial charge is 0.243 e. The van der Waals surface area contributed by atoms with Gasteiger partial charge in [-0.15, -0.1) is 12.4 Å². The van der Waals surface area contributed by atoms with Crippen LogP contribution in [0.3, 0.4) is 0 Å². The second-order valence-electron chi connectivity index (χ2n) is 6.90. The standard InChI is InChI=1S/C18H27N3O3S.ClH/c19-14-16-5-4-12-21(16)18(22)13-15-6-8-17(9-7-15)25(23,24)20-10-2-1-3-11-20;/h6-9,16H,1-5,10-14,19H2;1H. The molecule has 0 aromatic heterocycles. The topological polar surface area (TPSA) is 83.7 Å². The number of nitrogens with zero attached hydrogens (tertiary/aromatic N) is 2. The SMILES string of the molecule is Cl.NCC1CCCN1C(=O)Cc1ccc(S(=O)(=O)N2CCCCC2)cc1. The number of carbonyl (C=O) groups excluding carboxylic acids is 1. The number of halogens is 1. The highest BCUT2D eigenvalue weighted by Gasteiger charge is 2.28. The summed E-state index contributed by atoms with van der Waals surface area (Å²) in [5, 5.41) is 0. The summed E-state index contributed by atoms with van der Waals surface area (Å²) in [6.07, 6.45) is 5.19. The summed E-state index contributed by atoms with van der Waals surface area (Å²) in [5.41, 5.74) is 6.57. The Morgan fingerprint density at radius 3 is 2.31 bits per heavy atom. The molecule has 2 aliphatic rings. The number of nitrogens with two attached hydrogens (primary N) is 1. The molecule has 1 aromatic rings. The number of piperidine rings is 1. The predicted molar refractivity (Wildman–Crippen MR) is 104 cm³/mol. The third kappa shape index (κ3) is 4.57. The van der Waals surface area contributed by atoms with Crippen molar-refractivity contribution in [3.8, 4) is 0 Å². The fourth-order valence-electron chi connectivity index (χ4n) is 3.72. The van der Waals surface area contributed by atoms with Gasteiger partial charge in [0.1, 0.15) is 0 Å². The molecule has 0 aliphatic carbocycles. The Kier molecular flexibility index (Phi) is 7.46. The minimum atomic E-state index is -3.41. The van der Waals surface area contributed by atoms with Gasteiger partial charge in [0.05, 0.1) is 11.3 Å². The molecular weight excluding hydrogens is 374 g/mol. The van der Waals surface area contributed by atoms with Crippen molar-refractivity contribution >= 4 is 28.3 Å². The highest BCUT2D eigenvalue weighted by atomic mass is 35.5. The van der Waals surface area contributed by atoms with E-state index < -0.39 is 10.0 Å². The van der Waals surface area contributed by atoms with E-state index in [-0.39, 0.29) is 24.4 Å². The van der Waals surface area contributed by atoms with Gasteiger partial charge < -0.3 is 10.6 Å². The number of sulfonamides is 1. The number of carbonyl (C=O) groups is 1. The molecule has 2 heterocycles. The number of rotatable bonds is 5. The van der Waals surface area contributed by atoms with Gasteiger partial charge in [0.2, 0.25) is 15.9 Å². The molecule has 1 aromatic carbocycles. The third-order valence-corrected chi connectivity index (χ3v) is 7.11. The van der Waals surface area contributed by atoms with Crippen LogP contribution in [0.4, 0.5) is 0 Å². The van der Waals surface area contributed by atoms with E-state index >= 15 is 0 Å². The zero-order valence-corrected chi connectivity index (χ0v) is 16.6. The molecule has 1 unspecified atom stereocenters. The second kappa shape index (κ2) is 9.17. The van der Waals surface area contributed by atoms with Gasteiger partial charge >= 0.3 is 0 Å². The lowest BCUT2D eigenvalue weighted by molar-refractivity contribution is -0.131. The van der Waals surface area contributed by atoms with Gasteiger partial charge in [-0.05, 0) is 43.4 Å². The van der Waals surface area contributed by atoms with Crippen molar-refractivity contribution in [1.29, 1.82) is 0 Å². The Bertz CT molecular complexity index is 703. The van der Waals surface area contributed by atoms with E-state index in [1.165, 1.54) is 0 Å². The summed E-state index contributed by atoms with van der Waals surface area (Å²) in [7, 11) is -3.41. The van der Waals surface area contributed by atoms with Crippen LogP contribution in [0.1, 0.15) is 37.7 Å². The quantitative estimate of drug-likeness (QED) is 0.815. The van der Waals surface area contributed by atoms with Crippen molar-refractivity contribution < 1.29 is 13.2 Å². The minimum absolute atomic E-state index is 0. The average Bonchev–Trinajstić information content (AvgIpc) is 3.12. The molecule has 2 N–H and O–H groups in total. The number of hydrogen-bond donors (Lipinski definition) is 1. The van der Waals surface area contributed by atoms with Gasteiger partial charge in [-0.1, -0.05) is 18.6 Å². The van der Waals surface area contributed by atoms with Crippen molar-refractivity contribution in [2.24, 2.45) is 5.73 Å². The molecule has 0 spiro atoms. The molecule has 6 nitrogen and oxygen atoms in total. The Labute approximate surface area is 162 Å². The van der Waals surface area contributed by atoms with Crippen molar-refractivity contribution in [3.05, 3.63) is 29.8 Å². The third-order valence-electron chi connectivity index (χ3n) is 5.20.